The third-order valence-electron chi connectivity index (χ3n) is 3.62. The summed E-state index contributed by atoms with van der Waals surface area (Å²) in [6.07, 6.45) is 0.958. The number of hydrogen-bond acceptors (Lipinski definition) is 5. The molecule has 8 nitrogen and oxygen atoms in total. The van der Waals surface area contributed by atoms with Gasteiger partial charge in [0.1, 0.15) is 11.0 Å². The van der Waals surface area contributed by atoms with Gasteiger partial charge in [-0.2, -0.15) is 30.7 Å². The van der Waals surface area contributed by atoms with E-state index in [4.69, 9.17) is 17.5 Å². The van der Waals surface area contributed by atoms with E-state index in [0.717, 1.165) is 23.0 Å². The minimum atomic E-state index is -4.67. The zero-order chi connectivity index (χ0) is 18.6. The minimum absolute atomic E-state index is 0. The van der Waals surface area contributed by atoms with Gasteiger partial charge in [-0.05, 0) is 12.1 Å². The fourth-order valence-corrected chi connectivity index (χ4v) is 2.21. The first-order valence-electron chi connectivity index (χ1n) is 7.46. The first-order chi connectivity index (χ1) is 11.7. The summed E-state index contributed by atoms with van der Waals surface area (Å²) in [5, 5.41) is 19.2. The van der Waals surface area contributed by atoms with Gasteiger partial charge in [-0.3, -0.25) is 9.11 Å². The quantitative estimate of drug-likeness (QED) is 0.323. The van der Waals surface area contributed by atoms with E-state index in [1.807, 2.05) is 30.3 Å². The molecule has 0 aliphatic rings. The second-order valence-electron chi connectivity index (χ2n) is 5.38. The number of benzene rings is 2. The largest absolute Gasteiger partial charge is 1.00 e. The van der Waals surface area contributed by atoms with Gasteiger partial charge >= 0.3 is 40.0 Å². The van der Waals surface area contributed by atoms with E-state index in [0.29, 0.717) is 5.69 Å². The Labute approximate surface area is 173 Å². The summed E-state index contributed by atoms with van der Waals surface area (Å²) in [4.78, 5) is 1.47. The molecule has 0 amide bonds. The Morgan fingerprint density at radius 3 is 2.12 bits per heavy atom. The van der Waals surface area contributed by atoms with E-state index >= 15 is 0 Å². The molecule has 3 N–H and O–H groups in total. The van der Waals surface area contributed by atoms with Crippen LogP contribution >= 0.6 is 0 Å². The van der Waals surface area contributed by atoms with Crippen molar-refractivity contribution in [1.29, 1.82) is 0 Å². The predicted octanol–water partition coefficient (Wildman–Crippen LogP) is -0.209. The number of phenols is 1. The summed E-state index contributed by atoms with van der Waals surface area (Å²) in [6, 6.07) is 14.2. The van der Waals surface area contributed by atoms with Crippen molar-refractivity contribution in [2.24, 2.45) is 0 Å². The molecule has 3 aromatic rings. The molecule has 2 aromatic carbocycles. The molecule has 26 heavy (non-hydrogen) atoms. The fraction of sp³-hybridized carbons (Fsp3) is 0.250. The first-order valence-corrected chi connectivity index (χ1v) is 8.85. The van der Waals surface area contributed by atoms with Gasteiger partial charge in [0.2, 0.25) is 0 Å². The van der Waals surface area contributed by atoms with E-state index in [1.165, 1.54) is 4.80 Å². The van der Waals surface area contributed by atoms with Gasteiger partial charge in [-0.1, -0.05) is 38.3 Å². The zero-order valence-electron chi connectivity index (χ0n) is 14.7. The summed E-state index contributed by atoms with van der Waals surface area (Å²) in [5.41, 5.74) is 3.06. The standard InChI is InChI=1S/C16H16N3O.Na.H2O4S/c1-3-11(2)12-7-6-10-15(16(12)20)19-17-13-8-4-5-9-14(13)18-19;;1-5(2,3)4/h4-5,7-11,20H,3H2,1-2H3;;(H2,1,2,3,4)/q-1;+1;. The van der Waals surface area contributed by atoms with Crippen LogP contribution in [0.5, 0.6) is 5.75 Å². The van der Waals surface area contributed by atoms with E-state index in [9.17, 15) is 5.11 Å². The number of nitrogens with zero attached hydrogens (tertiary/aromatic N) is 3. The Morgan fingerprint density at radius 1 is 1.15 bits per heavy atom. The van der Waals surface area contributed by atoms with Crippen LogP contribution in [-0.2, 0) is 10.4 Å². The van der Waals surface area contributed by atoms with E-state index in [1.54, 1.807) is 6.07 Å². The van der Waals surface area contributed by atoms with E-state index in [2.05, 4.69) is 30.1 Å². The number of aromatic nitrogens is 3. The first kappa shape index (κ1) is 22.6. The number of aromatic hydroxyl groups is 1. The molecule has 0 radical (unpaired) electrons. The SMILES string of the molecule is CCC(C)c1c[c-]cc(-n2nc3ccccc3n2)c1O.O=S(=O)(O)O.[Na+]. The number of phenolic OH excluding ortho intramolecular Hbond substituents is 1. The normalized spacial score (nSPS) is 12.0. The summed E-state index contributed by atoms with van der Waals surface area (Å²) in [6.45, 7) is 4.18. The summed E-state index contributed by atoms with van der Waals surface area (Å²) in [5.74, 6) is 0.509. The molecule has 0 aliphatic heterocycles. The molecule has 0 fully saturated rings. The third kappa shape index (κ3) is 6.04. The average Bonchev–Trinajstić information content (AvgIpc) is 2.96. The molecule has 1 heterocycles. The van der Waals surface area contributed by atoms with Gasteiger partial charge in [0.25, 0.3) is 0 Å². The maximum absolute atomic E-state index is 10.4. The van der Waals surface area contributed by atoms with Gasteiger partial charge in [-0.25, -0.2) is 4.80 Å². The van der Waals surface area contributed by atoms with Crippen LogP contribution in [0.4, 0.5) is 0 Å². The number of fused-ring (bicyclic) bond motifs is 1. The molecule has 1 atom stereocenters. The molecular weight excluding hydrogens is 369 g/mol. The van der Waals surface area contributed by atoms with Gasteiger partial charge in [-0.15, -0.1) is 11.6 Å². The van der Waals surface area contributed by atoms with Crippen molar-refractivity contribution < 1.29 is 52.2 Å². The number of rotatable bonds is 3. The van der Waals surface area contributed by atoms with E-state index in [-0.39, 0.29) is 41.2 Å². The Kier molecular flexibility index (Phi) is 8.19. The van der Waals surface area contributed by atoms with Crippen LogP contribution < -0.4 is 29.6 Å². The van der Waals surface area contributed by atoms with Crippen molar-refractivity contribution >= 4 is 21.4 Å². The molecule has 134 valence electrons. The van der Waals surface area contributed by atoms with Crippen LogP contribution in [-0.4, -0.2) is 37.6 Å². The van der Waals surface area contributed by atoms with Gasteiger partial charge in [0.05, 0.1) is 0 Å². The molecular formula is C16H18N3NaO5S. The van der Waals surface area contributed by atoms with Crippen LogP contribution in [0.1, 0.15) is 31.7 Å². The fourth-order valence-electron chi connectivity index (χ4n) is 2.21. The van der Waals surface area contributed by atoms with Crippen molar-refractivity contribution in [2.45, 2.75) is 26.2 Å². The smallest absolute Gasteiger partial charge is 0.531 e. The third-order valence-corrected chi connectivity index (χ3v) is 3.62. The van der Waals surface area contributed by atoms with E-state index < -0.39 is 10.4 Å². The summed E-state index contributed by atoms with van der Waals surface area (Å²) < 4.78 is 31.6. The van der Waals surface area contributed by atoms with Crippen LogP contribution in [0.2, 0.25) is 0 Å². The molecule has 0 bridgehead atoms. The van der Waals surface area contributed by atoms with Crippen molar-refractivity contribution in [3.05, 3.63) is 48.0 Å². The van der Waals surface area contributed by atoms with Crippen molar-refractivity contribution in [3.63, 3.8) is 0 Å². The number of hydrogen-bond donors (Lipinski definition) is 3. The van der Waals surface area contributed by atoms with Crippen LogP contribution in [0.25, 0.3) is 16.7 Å². The molecule has 1 aromatic heterocycles. The van der Waals surface area contributed by atoms with Crippen molar-refractivity contribution in [2.75, 3.05) is 0 Å². The van der Waals surface area contributed by atoms with Crippen molar-refractivity contribution in [1.82, 2.24) is 15.0 Å². The van der Waals surface area contributed by atoms with Crippen LogP contribution in [0, 0.1) is 6.07 Å². The second kappa shape index (κ2) is 9.45. The van der Waals surface area contributed by atoms with Crippen LogP contribution in [0.3, 0.4) is 0 Å². The zero-order valence-corrected chi connectivity index (χ0v) is 17.5. The summed E-state index contributed by atoms with van der Waals surface area (Å²) >= 11 is 0. The average molecular weight is 387 g/mol. The van der Waals surface area contributed by atoms with Gasteiger partial charge in [0, 0.05) is 11.4 Å². The van der Waals surface area contributed by atoms with Gasteiger partial charge < -0.3 is 5.11 Å². The second-order valence-corrected chi connectivity index (χ2v) is 6.28. The maximum Gasteiger partial charge on any atom is 1.00 e. The van der Waals surface area contributed by atoms with Gasteiger partial charge in [0.15, 0.2) is 0 Å². The molecule has 10 heteroatoms. The Hall–Kier alpha value is -1.49. The predicted molar refractivity (Wildman–Crippen MR) is 92.2 cm³/mol. The monoisotopic (exact) mass is 387 g/mol. The molecule has 0 spiro atoms. The summed E-state index contributed by atoms with van der Waals surface area (Å²) in [7, 11) is -4.67. The Balaban J connectivity index is 0.000000501. The molecule has 0 saturated carbocycles. The van der Waals surface area contributed by atoms with Crippen molar-refractivity contribution in [3.8, 4) is 11.4 Å². The minimum Gasteiger partial charge on any atom is -0.531 e. The molecule has 1 unspecified atom stereocenters. The van der Waals surface area contributed by atoms with Crippen LogP contribution in [0.15, 0.2) is 36.4 Å². The molecule has 3 rings (SSSR count). The Morgan fingerprint density at radius 2 is 1.65 bits per heavy atom. The Bertz CT molecular complexity index is 934. The topological polar surface area (TPSA) is 126 Å². The molecule has 0 saturated heterocycles. The molecule has 0 aliphatic carbocycles. The maximum atomic E-state index is 10.4.